The topological polar surface area (TPSA) is 89.6 Å². The van der Waals surface area contributed by atoms with Gasteiger partial charge in [0, 0.05) is 0 Å². The van der Waals surface area contributed by atoms with Crippen molar-refractivity contribution in [3.63, 3.8) is 0 Å². The first-order chi connectivity index (χ1) is 8.43. The fourth-order valence-corrected chi connectivity index (χ4v) is 2.79. The molecular weight excluding hydrogens is 242 g/mol. The van der Waals surface area contributed by atoms with Gasteiger partial charge in [-0.1, -0.05) is 0 Å². The maximum Gasteiger partial charge on any atom is 0.407 e. The first-order valence-corrected chi connectivity index (χ1v) is 5.96. The number of fused-ring (bicyclic) bond motifs is 2. The number of hydrogen-bond acceptors (Lipinski definition) is 6. The van der Waals surface area contributed by atoms with Crippen molar-refractivity contribution >= 4 is 6.09 Å². The molecule has 2 N–H and O–H groups in total. The third-order valence-electron chi connectivity index (χ3n) is 3.58. The van der Waals surface area contributed by atoms with E-state index >= 15 is 0 Å². The summed E-state index contributed by atoms with van der Waals surface area (Å²) in [4.78, 5) is 11.3. The van der Waals surface area contributed by atoms with Crippen LogP contribution in [-0.2, 0) is 18.9 Å². The van der Waals surface area contributed by atoms with Gasteiger partial charge in [-0.2, -0.15) is 0 Å². The Morgan fingerprint density at radius 1 is 1.22 bits per heavy atom. The first kappa shape index (κ1) is 12.2. The SMILES string of the molecule is COC(=O)N[C@@H]1[C@@H]2O[C@@H]2[C@H](O)[C@H]2OC(C)(C)O[C@@H]12. The second kappa shape index (κ2) is 3.80. The zero-order chi connectivity index (χ0) is 13.1. The molecule has 7 nitrogen and oxygen atoms in total. The van der Waals surface area contributed by atoms with Crippen LogP contribution in [0.3, 0.4) is 0 Å². The van der Waals surface area contributed by atoms with Gasteiger partial charge in [-0.25, -0.2) is 4.79 Å². The average molecular weight is 259 g/mol. The van der Waals surface area contributed by atoms with E-state index in [9.17, 15) is 9.90 Å². The fraction of sp³-hybridized carbons (Fsp3) is 0.909. The van der Waals surface area contributed by atoms with E-state index in [2.05, 4.69) is 10.1 Å². The molecule has 102 valence electrons. The van der Waals surface area contributed by atoms with Gasteiger partial charge in [0.25, 0.3) is 0 Å². The van der Waals surface area contributed by atoms with Crippen LogP contribution in [0.25, 0.3) is 0 Å². The lowest BCUT2D eigenvalue weighted by atomic mass is 9.88. The molecule has 0 bridgehead atoms. The first-order valence-electron chi connectivity index (χ1n) is 5.96. The zero-order valence-corrected chi connectivity index (χ0v) is 10.5. The Bertz CT molecular complexity index is 373. The molecule has 2 aliphatic heterocycles. The fourth-order valence-electron chi connectivity index (χ4n) is 2.79. The van der Waals surface area contributed by atoms with Gasteiger partial charge in [0.1, 0.15) is 30.5 Å². The van der Waals surface area contributed by atoms with Gasteiger partial charge in [-0.3, -0.25) is 0 Å². The smallest absolute Gasteiger partial charge is 0.407 e. The third kappa shape index (κ3) is 1.78. The van der Waals surface area contributed by atoms with Crippen molar-refractivity contribution in [1.82, 2.24) is 5.32 Å². The molecule has 3 aliphatic rings. The van der Waals surface area contributed by atoms with Crippen LogP contribution in [0.4, 0.5) is 4.79 Å². The van der Waals surface area contributed by atoms with E-state index in [0.29, 0.717) is 0 Å². The Kier molecular flexibility index (Phi) is 2.57. The Morgan fingerprint density at radius 2 is 1.89 bits per heavy atom. The lowest BCUT2D eigenvalue weighted by molar-refractivity contribution is -0.156. The average Bonchev–Trinajstić information content (AvgIpc) is 3.02. The minimum atomic E-state index is -0.775. The lowest BCUT2D eigenvalue weighted by Gasteiger charge is -2.31. The molecule has 18 heavy (non-hydrogen) atoms. The Labute approximate surface area is 104 Å². The lowest BCUT2D eigenvalue weighted by Crippen LogP contribution is -2.58. The monoisotopic (exact) mass is 259 g/mol. The van der Waals surface area contributed by atoms with E-state index in [-0.39, 0.29) is 18.2 Å². The molecule has 0 spiro atoms. The molecule has 0 radical (unpaired) electrons. The summed E-state index contributed by atoms with van der Waals surface area (Å²) in [5.41, 5.74) is 0. The van der Waals surface area contributed by atoms with Gasteiger partial charge in [0.15, 0.2) is 5.79 Å². The summed E-state index contributed by atoms with van der Waals surface area (Å²) in [5.74, 6) is -0.775. The van der Waals surface area contributed by atoms with E-state index < -0.39 is 30.2 Å². The Morgan fingerprint density at radius 3 is 2.56 bits per heavy atom. The van der Waals surface area contributed by atoms with Gasteiger partial charge in [0.05, 0.1) is 13.2 Å². The van der Waals surface area contributed by atoms with E-state index in [1.807, 2.05) is 0 Å². The number of methoxy groups -OCH3 is 1. The molecule has 7 heteroatoms. The Balaban J connectivity index is 1.80. The van der Waals surface area contributed by atoms with Crippen molar-refractivity contribution in [3.8, 4) is 0 Å². The molecule has 0 aromatic rings. The number of carbonyl (C=O) groups is 1. The molecule has 1 amide bonds. The highest BCUT2D eigenvalue weighted by Crippen LogP contribution is 2.45. The Hall–Kier alpha value is -0.890. The molecule has 0 unspecified atom stereocenters. The molecule has 0 aromatic carbocycles. The molecule has 3 rings (SSSR count). The summed E-state index contributed by atoms with van der Waals surface area (Å²) in [7, 11) is 1.30. The van der Waals surface area contributed by atoms with Crippen LogP contribution in [0.2, 0.25) is 0 Å². The molecule has 3 fully saturated rings. The quantitative estimate of drug-likeness (QED) is 0.610. The number of alkyl carbamates (subject to hydrolysis) is 1. The second-order valence-electron chi connectivity index (χ2n) is 5.28. The van der Waals surface area contributed by atoms with Crippen molar-refractivity contribution in [2.45, 2.75) is 56.2 Å². The van der Waals surface area contributed by atoms with Crippen molar-refractivity contribution in [2.75, 3.05) is 7.11 Å². The molecule has 2 saturated heterocycles. The number of epoxide rings is 1. The second-order valence-corrected chi connectivity index (χ2v) is 5.28. The van der Waals surface area contributed by atoms with Gasteiger partial charge in [-0.05, 0) is 13.8 Å². The third-order valence-corrected chi connectivity index (χ3v) is 3.58. The molecular formula is C11H17NO6. The van der Waals surface area contributed by atoms with Crippen molar-refractivity contribution < 1.29 is 28.8 Å². The van der Waals surface area contributed by atoms with Gasteiger partial charge in [0.2, 0.25) is 0 Å². The highest BCUT2D eigenvalue weighted by molar-refractivity contribution is 5.67. The van der Waals surface area contributed by atoms with Crippen LogP contribution in [0.15, 0.2) is 0 Å². The summed E-state index contributed by atoms with van der Waals surface area (Å²) in [6.45, 7) is 3.55. The standard InChI is InChI=1S/C11H17NO6/c1-11(2)17-7-4(12-10(14)15-3)6-8(16-6)5(13)9(7)18-11/h4-9,13H,1-3H3,(H,12,14)/t4-,5+,6+,7+,8-,9-/m1/s1. The number of rotatable bonds is 1. The normalized spacial score (nSPS) is 48.0. The zero-order valence-electron chi connectivity index (χ0n) is 10.5. The van der Waals surface area contributed by atoms with Gasteiger partial charge in [-0.15, -0.1) is 0 Å². The van der Waals surface area contributed by atoms with Crippen LogP contribution >= 0.6 is 0 Å². The van der Waals surface area contributed by atoms with E-state index in [4.69, 9.17) is 14.2 Å². The van der Waals surface area contributed by atoms with Crippen LogP contribution in [0.5, 0.6) is 0 Å². The summed E-state index contributed by atoms with van der Waals surface area (Å²) in [6.07, 6.45) is -2.73. The maximum atomic E-state index is 11.3. The van der Waals surface area contributed by atoms with E-state index in [1.165, 1.54) is 7.11 Å². The van der Waals surface area contributed by atoms with Gasteiger partial charge >= 0.3 is 6.09 Å². The highest BCUT2D eigenvalue weighted by atomic mass is 16.8. The van der Waals surface area contributed by atoms with Crippen molar-refractivity contribution in [2.24, 2.45) is 0 Å². The van der Waals surface area contributed by atoms with Crippen LogP contribution in [0, 0.1) is 0 Å². The summed E-state index contributed by atoms with van der Waals surface area (Å²) < 4.78 is 21.4. The molecule has 1 saturated carbocycles. The van der Waals surface area contributed by atoms with E-state index in [0.717, 1.165) is 0 Å². The minimum absolute atomic E-state index is 0.238. The summed E-state index contributed by atoms with van der Waals surface area (Å²) >= 11 is 0. The molecule has 2 heterocycles. The predicted octanol–water partition coefficient (Wildman–Crippen LogP) is -0.627. The minimum Gasteiger partial charge on any atom is -0.453 e. The number of amides is 1. The predicted molar refractivity (Wildman–Crippen MR) is 57.8 cm³/mol. The highest BCUT2D eigenvalue weighted by Gasteiger charge is 2.65. The number of aliphatic hydroxyl groups is 1. The van der Waals surface area contributed by atoms with Gasteiger partial charge < -0.3 is 29.4 Å². The number of nitrogens with one attached hydrogen (secondary N) is 1. The summed E-state index contributed by atoms with van der Waals surface area (Å²) in [5, 5.41) is 12.7. The van der Waals surface area contributed by atoms with Crippen molar-refractivity contribution in [3.05, 3.63) is 0 Å². The number of ether oxygens (including phenoxy) is 4. The van der Waals surface area contributed by atoms with Crippen LogP contribution in [0.1, 0.15) is 13.8 Å². The van der Waals surface area contributed by atoms with Crippen LogP contribution < -0.4 is 5.32 Å². The molecule has 1 aliphatic carbocycles. The summed E-state index contributed by atoms with van der Waals surface area (Å²) in [6, 6.07) is -0.363. The number of carbonyl (C=O) groups excluding carboxylic acids is 1. The largest absolute Gasteiger partial charge is 0.453 e. The van der Waals surface area contributed by atoms with Crippen molar-refractivity contribution in [1.29, 1.82) is 0 Å². The number of hydrogen-bond donors (Lipinski definition) is 2. The molecule has 0 aromatic heterocycles. The van der Waals surface area contributed by atoms with Crippen LogP contribution in [-0.4, -0.2) is 60.7 Å². The van der Waals surface area contributed by atoms with E-state index in [1.54, 1.807) is 13.8 Å². The maximum absolute atomic E-state index is 11.3. The number of aliphatic hydroxyl groups excluding tert-OH is 1. The molecule has 6 atom stereocenters.